The summed E-state index contributed by atoms with van der Waals surface area (Å²) < 4.78 is 4.60. The number of methoxy groups -OCH3 is 1. The molecule has 2 aromatic carbocycles. The summed E-state index contributed by atoms with van der Waals surface area (Å²) in [7, 11) is 1.27. The molecule has 0 aromatic heterocycles. The molecule has 0 heterocycles. The highest BCUT2D eigenvalue weighted by Gasteiger charge is 2.22. The number of amides is 1. The summed E-state index contributed by atoms with van der Waals surface area (Å²) in [6, 6.07) is 15.0. The Balaban J connectivity index is 2.07. The van der Waals surface area contributed by atoms with Crippen LogP contribution >= 0.6 is 0 Å². The van der Waals surface area contributed by atoms with Crippen molar-refractivity contribution in [3.05, 3.63) is 71.3 Å². The third-order valence-corrected chi connectivity index (χ3v) is 3.43. The molecule has 0 spiro atoms. The maximum atomic E-state index is 12.3. The summed E-state index contributed by atoms with van der Waals surface area (Å²) in [5.41, 5.74) is 1.30. The van der Waals surface area contributed by atoms with E-state index in [1.165, 1.54) is 31.4 Å². The average molecular weight is 339 g/mol. The van der Waals surface area contributed by atoms with Gasteiger partial charge in [-0.2, -0.15) is 5.10 Å². The summed E-state index contributed by atoms with van der Waals surface area (Å²) in [6.45, 7) is 0.213. The Morgan fingerprint density at radius 1 is 1.00 bits per heavy atom. The van der Waals surface area contributed by atoms with Gasteiger partial charge < -0.3 is 15.9 Å². The van der Waals surface area contributed by atoms with Crippen LogP contribution in [-0.4, -0.2) is 30.5 Å². The number of hydrogen-bond acceptors (Lipinski definition) is 6. The number of hydrogen-bond donors (Lipinski definition) is 2. The average Bonchev–Trinajstić information content (AvgIpc) is 2.67. The molecular formula is C18H17N3O4. The van der Waals surface area contributed by atoms with Gasteiger partial charge in [0, 0.05) is 12.1 Å². The number of rotatable bonds is 6. The molecule has 2 aromatic rings. The monoisotopic (exact) mass is 339 g/mol. The Hall–Kier alpha value is -3.48. The van der Waals surface area contributed by atoms with Crippen LogP contribution in [0.2, 0.25) is 0 Å². The van der Waals surface area contributed by atoms with E-state index in [2.05, 4.69) is 15.2 Å². The van der Waals surface area contributed by atoms with Gasteiger partial charge in [-0.15, -0.1) is 0 Å². The van der Waals surface area contributed by atoms with E-state index in [-0.39, 0.29) is 12.3 Å². The number of esters is 1. The van der Waals surface area contributed by atoms with Crippen molar-refractivity contribution in [2.75, 3.05) is 7.11 Å². The second-order valence-electron chi connectivity index (χ2n) is 5.04. The van der Waals surface area contributed by atoms with Crippen LogP contribution < -0.4 is 11.2 Å². The fourth-order valence-corrected chi connectivity index (χ4v) is 2.11. The zero-order valence-corrected chi connectivity index (χ0v) is 13.6. The number of ether oxygens (including phenoxy) is 1. The lowest BCUT2D eigenvalue weighted by Crippen LogP contribution is -2.36. The van der Waals surface area contributed by atoms with Crippen molar-refractivity contribution in [1.29, 1.82) is 0 Å². The van der Waals surface area contributed by atoms with Gasteiger partial charge in [0.1, 0.15) is 5.71 Å². The van der Waals surface area contributed by atoms with Crippen LogP contribution in [0.15, 0.2) is 59.7 Å². The first-order chi connectivity index (χ1) is 12.1. The minimum Gasteiger partial charge on any atom is -0.465 e. The third-order valence-electron chi connectivity index (χ3n) is 3.43. The Bertz CT molecular complexity index is 799. The molecule has 25 heavy (non-hydrogen) atoms. The van der Waals surface area contributed by atoms with Gasteiger partial charge >= 0.3 is 5.97 Å². The summed E-state index contributed by atoms with van der Waals surface area (Å²) in [4.78, 5) is 35.7. The molecule has 0 bridgehead atoms. The standard InChI is InChI=1S/C18H17N3O4/c1-25-18(24)14-9-7-13(8-10-14)15(21-19)16(22)17(23)20-11-12-5-3-2-4-6-12/h2-10H,11,19H2,1H3,(H,20,23). The highest BCUT2D eigenvalue weighted by atomic mass is 16.5. The van der Waals surface area contributed by atoms with Crippen molar-refractivity contribution in [1.82, 2.24) is 5.32 Å². The fraction of sp³-hybridized carbons (Fsp3) is 0.111. The van der Waals surface area contributed by atoms with E-state index in [1.807, 2.05) is 30.3 Å². The lowest BCUT2D eigenvalue weighted by atomic mass is 10.0. The van der Waals surface area contributed by atoms with Crippen LogP contribution in [0.1, 0.15) is 21.5 Å². The lowest BCUT2D eigenvalue weighted by Gasteiger charge is -2.07. The minimum atomic E-state index is -0.857. The number of benzene rings is 2. The molecule has 0 saturated carbocycles. The van der Waals surface area contributed by atoms with Crippen LogP contribution in [0, 0.1) is 0 Å². The normalized spacial score (nSPS) is 10.8. The van der Waals surface area contributed by atoms with E-state index >= 15 is 0 Å². The quantitative estimate of drug-likeness (QED) is 0.268. The molecule has 3 N–H and O–H groups in total. The summed E-state index contributed by atoms with van der Waals surface area (Å²) in [6.07, 6.45) is 0. The second kappa shape index (κ2) is 8.39. The SMILES string of the molecule is COC(=O)c1ccc(C(=NN)C(=O)C(=O)NCc2ccccc2)cc1. The molecule has 1 amide bonds. The third kappa shape index (κ3) is 4.51. The summed E-state index contributed by atoms with van der Waals surface area (Å²) in [5.74, 6) is 3.09. The number of nitrogens with two attached hydrogens (primary N) is 1. The van der Waals surface area contributed by atoms with E-state index in [0.29, 0.717) is 11.1 Å². The molecule has 0 fully saturated rings. The van der Waals surface area contributed by atoms with Gasteiger partial charge in [0.2, 0.25) is 0 Å². The maximum Gasteiger partial charge on any atom is 0.337 e. The number of hydrazone groups is 1. The summed E-state index contributed by atoms with van der Waals surface area (Å²) >= 11 is 0. The molecule has 0 aliphatic carbocycles. The number of ketones is 1. The van der Waals surface area contributed by atoms with Gasteiger partial charge in [-0.05, 0) is 17.7 Å². The molecule has 0 radical (unpaired) electrons. The fourth-order valence-electron chi connectivity index (χ4n) is 2.11. The van der Waals surface area contributed by atoms with Crippen LogP contribution in [-0.2, 0) is 20.9 Å². The van der Waals surface area contributed by atoms with Gasteiger partial charge in [0.25, 0.3) is 11.7 Å². The van der Waals surface area contributed by atoms with Gasteiger partial charge in [-0.1, -0.05) is 42.5 Å². The molecule has 7 nitrogen and oxygen atoms in total. The van der Waals surface area contributed by atoms with Gasteiger partial charge in [0.15, 0.2) is 0 Å². The number of Topliss-reactive ketones (excluding diaryl/α,β-unsaturated/α-hetero) is 1. The molecule has 2 rings (SSSR count). The molecular weight excluding hydrogens is 322 g/mol. The highest BCUT2D eigenvalue weighted by molar-refractivity contribution is 6.67. The van der Waals surface area contributed by atoms with E-state index < -0.39 is 17.7 Å². The smallest absolute Gasteiger partial charge is 0.337 e. The van der Waals surface area contributed by atoms with Crippen molar-refractivity contribution in [3.63, 3.8) is 0 Å². The topological polar surface area (TPSA) is 111 Å². The molecule has 0 aliphatic heterocycles. The number of nitrogens with zero attached hydrogens (tertiary/aromatic N) is 1. The molecule has 0 aliphatic rings. The van der Waals surface area contributed by atoms with Gasteiger partial charge in [-0.3, -0.25) is 9.59 Å². The van der Waals surface area contributed by atoms with Crippen molar-refractivity contribution >= 4 is 23.4 Å². The Kier molecular flexibility index (Phi) is 6.00. The predicted molar refractivity (Wildman–Crippen MR) is 91.8 cm³/mol. The van der Waals surface area contributed by atoms with Crippen molar-refractivity contribution < 1.29 is 19.1 Å². The van der Waals surface area contributed by atoms with Crippen LogP contribution in [0.5, 0.6) is 0 Å². The van der Waals surface area contributed by atoms with Crippen LogP contribution in [0.4, 0.5) is 0 Å². The second-order valence-corrected chi connectivity index (χ2v) is 5.04. The molecule has 7 heteroatoms. The predicted octanol–water partition coefficient (Wildman–Crippen LogP) is 1.02. The zero-order valence-electron chi connectivity index (χ0n) is 13.6. The van der Waals surface area contributed by atoms with Crippen molar-refractivity contribution in [2.24, 2.45) is 10.9 Å². The first-order valence-corrected chi connectivity index (χ1v) is 7.40. The Morgan fingerprint density at radius 3 is 2.16 bits per heavy atom. The summed E-state index contributed by atoms with van der Waals surface area (Å²) in [5, 5.41) is 5.94. The van der Waals surface area contributed by atoms with E-state index in [9.17, 15) is 14.4 Å². The number of carbonyl (C=O) groups is 3. The number of nitrogens with one attached hydrogen (secondary N) is 1. The van der Waals surface area contributed by atoms with Gasteiger partial charge in [0.05, 0.1) is 12.7 Å². The Morgan fingerprint density at radius 2 is 1.60 bits per heavy atom. The molecule has 0 saturated heterocycles. The van der Waals surface area contributed by atoms with Crippen molar-refractivity contribution in [2.45, 2.75) is 6.54 Å². The molecule has 0 unspecified atom stereocenters. The van der Waals surface area contributed by atoms with E-state index in [0.717, 1.165) is 5.56 Å². The number of carbonyl (C=O) groups excluding carboxylic acids is 3. The van der Waals surface area contributed by atoms with E-state index in [4.69, 9.17) is 5.84 Å². The lowest BCUT2D eigenvalue weighted by molar-refractivity contribution is -0.134. The van der Waals surface area contributed by atoms with E-state index in [1.54, 1.807) is 0 Å². The molecule has 128 valence electrons. The van der Waals surface area contributed by atoms with Crippen molar-refractivity contribution in [3.8, 4) is 0 Å². The first-order valence-electron chi connectivity index (χ1n) is 7.40. The van der Waals surface area contributed by atoms with Gasteiger partial charge in [-0.25, -0.2) is 4.79 Å². The van der Waals surface area contributed by atoms with Crippen LogP contribution in [0.25, 0.3) is 0 Å². The zero-order chi connectivity index (χ0) is 18.2. The highest BCUT2D eigenvalue weighted by Crippen LogP contribution is 2.08. The minimum absolute atomic E-state index is 0.193. The largest absolute Gasteiger partial charge is 0.465 e. The first kappa shape index (κ1) is 17.9. The van der Waals surface area contributed by atoms with Crippen LogP contribution in [0.3, 0.4) is 0 Å². The maximum absolute atomic E-state index is 12.3. The Labute approximate surface area is 144 Å². The molecule has 0 atom stereocenters.